The van der Waals surface area contributed by atoms with Gasteiger partial charge in [0.15, 0.2) is 0 Å². The Balaban J connectivity index is 1.36. The molecule has 3 aromatic rings. The lowest BCUT2D eigenvalue weighted by Crippen LogP contribution is -2.41. The number of hydrogen-bond acceptors (Lipinski definition) is 5. The predicted octanol–water partition coefficient (Wildman–Crippen LogP) is 5.14. The molecule has 1 fully saturated rings. The van der Waals surface area contributed by atoms with E-state index in [4.69, 9.17) is 11.6 Å². The number of benzene rings is 2. The number of carbonyl (C=O) groups is 1. The molecule has 1 atom stereocenters. The van der Waals surface area contributed by atoms with Crippen molar-refractivity contribution in [2.24, 2.45) is 5.92 Å². The zero-order chi connectivity index (χ0) is 20.1. The van der Waals surface area contributed by atoms with E-state index in [-0.39, 0.29) is 11.8 Å². The molecule has 0 saturated carbocycles. The third-order valence-corrected chi connectivity index (χ3v) is 6.38. The van der Waals surface area contributed by atoms with E-state index in [1.807, 2.05) is 48.5 Å². The first kappa shape index (κ1) is 19.7. The van der Waals surface area contributed by atoms with Crippen molar-refractivity contribution in [3.05, 3.63) is 72.1 Å². The van der Waals surface area contributed by atoms with Crippen molar-refractivity contribution >= 4 is 40.8 Å². The van der Waals surface area contributed by atoms with Crippen LogP contribution < -0.4 is 10.2 Å². The van der Waals surface area contributed by atoms with Crippen molar-refractivity contribution in [1.82, 2.24) is 9.97 Å². The Bertz CT molecular complexity index is 968. The summed E-state index contributed by atoms with van der Waals surface area (Å²) >= 11 is 7.83. The third kappa shape index (κ3) is 5.08. The molecular weight excluding hydrogens is 404 g/mol. The van der Waals surface area contributed by atoms with Crippen molar-refractivity contribution in [3.63, 3.8) is 0 Å². The van der Waals surface area contributed by atoms with E-state index >= 15 is 0 Å². The zero-order valence-electron chi connectivity index (χ0n) is 15.8. The molecule has 7 heteroatoms. The molecule has 1 aromatic heterocycles. The highest BCUT2D eigenvalue weighted by Crippen LogP contribution is 2.33. The maximum Gasteiger partial charge on any atom is 0.229 e. The van der Waals surface area contributed by atoms with Crippen LogP contribution in [0.2, 0.25) is 5.02 Å². The van der Waals surface area contributed by atoms with Gasteiger partial charge in [-0.05, 0) is 49.2 Å². The largest absolute Gasteiger partial charge is 0.355 e. The van der Waals surface area contributed by atoms with Gasteiger partial charge >= 0.3 is 0 Å². The third-order valence-electron chi connectivity index (χ3n) is 4.85. The number of nitrogens with one attached hydrogen (secondary N) is 1. The molecule has 1 N–H and O–H groups in total. The van der Waals surface area contributed by atoms with E-state index in [0.717, 1.165) is 45.7 Å². The van der Waals surface area contributed by atoms with Gasteiger partial charge in [0, 0.05) is 41.0 Å². The van der Waals surface area contributed by atoms with Gasteiger partial charge in [0.1, 0.15) is 5.82 Å². The van der Waals surface area contributed by atoms with Gasteiger partial charge in [0.05, 0.1) is 17.1 Å². The second kappa shape index (κ2) is 9.29. The van der Waals surface area contributed by atoms with Gasteiger partial charge in [-0.2, -0.15) is 0 Å². The van der Waals surface area contributed by atoms with E-state index < -0.39 is 0 Å². The lowest BCUT2D eigenvalue weighted by molar-refractivity contribution is -0.120. The Morgan fingerprint density at radius 3 is 2.72 bits per heavy atom. The number of anilines is 2. The fraction of sp³-hybridized carbons (Fsp3) is 0.227. The average Bonchev–Trinajstić information content (AvgIpc) is 2.77. The Morgan fingerprint density at radius 2 is 1.97 bits per heavy atom. The minimum absolute atomic E-state index is 0.0464. The Morgan fingerprint density at radius 1 is 1.14 bits per heavy atom. The molecule has 0 bridgehead atoms. The first-order valence-electron chi connectivity index (χ1n) is 9.53. The first-order valence-corrected chi connectivity index (χ1v) is 10.7. The van der Waals surface area contributed by atoms with Crippen LogP contribution in [0, 0.1) is 5.92 Å². The van der Waals surface area contributed by atoms with E-state index in [9.17, 15) is 4.79 Å². The molecule has 29 heavy (non-hydrogen) atoms. The van der Waals surface area contributed by atoms with Crippen LogP contribution >= 0.6 is 23.4 Å². The SMILES string of the molecule is O=C(Nc1ccc(Sc2ccccc2Cl)cc1)[C@H]1CCCN(c2cnccn2)C1. The Hall–Kier alpha value is -2.57. The minimum Gasteiger partial charge on any atom is -0.355 e. The number of nitrogens with zero attached hydrogens (tertiary/aromatic N) is 3. The summed E-state index contributed by atoms with van der Waals surface area (Å²) in [4.78, 5) is 25.5. The Kier molecular flexibility index (Phi) is 6.32. The fourth-order valence-electron chi connectivity index (χ4n) is 3.36. The van der Waals surface area contributed by atoms with Gasteiger partial charge < -0.3 is 10.2 Å². The molecule has 1 aliphatic heterocycles. The molecule has 0 aliphatic carbocycles. The molecule has 0 unspecified atom stereocenters. The van der Waals surface area contributed by atoms with Gasteiger partial charge in [0.2, 0.25) is 5.91 Å². The van der Waals surface area contributed by atoms with Crippen LogP contribution in [0.3, 0.4) is 0 Å². The van der Waals surface area contributed by atoms with Crippen molar-refractivity contribution in [2.45, 2.75) is 22.6 Å². The lowest BCUT2D eigenvalue weighted by atomic mass is 9.97. The number of rotatable bonds is 5. The summed E-state index contributed by atoms with van der Waals surface area (Å²) in [5, 5.41) is 3.79. The number of amides is 1. The molecule has 0 radical (unpaired) electrons. The van der Waals surface area contributed by atoms with E-state index in [0.29, 0.717) is 6.54 Å². The van der Waals surface area contributed by atoms with Crippen LogP contribution in [-0.4, -0.2) is 29.0 Å². The summed E-state index contributed by atoms with van der Waals surface area (Å²) in [5.74, 6) is 0.805. The average molecular weight is 425 g/mol. The van der Waals surface area contributed by atoms with Crippen LogP contribution in [0.5, 0.6) is 0 Å². The van der Waals surface area contributed by atoms with Crippen molar-refractivity contribution in [3.8, 4) is 0 Å². The summed E-state index contributed by atoms with van der Waals surface area (Å²) in [6.45, 7) is 1.56. The molecule has 5 nitrogen and oxygen atoms in total. The predicted molar refractivity (Wildman–Crippen MR) is 118 cm³/mol. The van der Waals surface area contributed by atoms with Crippen LogP contribution in [0.15, 0.2) is 76.9 Å². The number of hydrogen-bond donors (Lipinski definition) is 1. The van der Waals surface area contributed by atoms with Gasteiger partial charge in [-0.15, -0.1) is 0 Å². The van der Waals surface area contributed by atoms with E-state index in [2.05, 4.69) is 20.2 Å². The zero-order valence-corrected chi connectivity index (χ0v) is 17.4. The second-order valence-corrected chi connectivity index (χ2v) is 8.42. The molecule has 2 heterocycles. The van der Waals surface area contributed by atoms with Crippen molar-refractivity contribution < 1.29 is 4.79 Å². The smallest absolute Gasteiger partial charge is 0.229 e. The molecule has 2 aromatic carbocycles. The molecular formula is C22H21ClN4OS. The molecule has 1 amide bonds. The molecule has 148 valence electrons. The van der Waals surface area contributed by atoms with Gasteiger partial charge in [-0.1, -0.05) is 35.5 Å². The number of aromatic nitrogens is 2. The van der Waals surface area contributed by atoms with Crippen molar-refractivity contribution in [2.75, 3.05) is 23.3 Å². The second-order valence-electron chi connectivity index (χ2n) is 6.89. The van der Waals surface area contributed by atoms with Gasteiger partial charge in [-0.25, -0.2) is 4.98 Å². The summed E-state index contributed by atoms with van der Waals surface area (Å²) in [5.41, 5.74) is 0.801. The monoisotopic (exact) mass is 424 g/mol. The highest BCUT2D eigenvalue weighted by Gasteiger charge is 2.26. The number of halogens is 1. The van der Waals surface area contributed by atoms with E-state index in [1.54, 1.807) is 30.4 Å². The number of carbonyl (C=O) groups excluding carboxylic acids is 1. The molecule has 0 spiro atoms. The summed E-state index contributed by atoms with van der Waals surface area (Å²) in [6.07, 6.45) is 6.92. The highest BCUT2D eigenvalue weighted by atomic mass is 35.5. The van der Waals surface area contributed by atoms with Crippen molar-refractivity contribution in [1.29, 1.82) is 0 Å². The Labute approximate surface area is 179 Å². The van der Waals surface area contributed by atoms with E-state index in [1.165, 1.54) is 0 Å². The van der Waals surface area contributed by atoms with Crippen LogP contribution in [-0.2, 0) is 4.79 Å². The quantitative estimate of drug-likeness (QED) is 0.614. The van der Waals surface area contributed by atoms with Crippen LogP contribution in [0.1, 0.15) is 12.8 Å². The summed E-state index contributed by atoms with van der Waals surface area (Å²) in [7, 11) is 0. The van der Waals surface area contributed by atoms with Gasteiger partial charge in [0.25, 0.3) is 0 Å². The highest BCUT2D eigenvalue weighted by molar-refractivity contribution is 7.99. The summed E-state index contributed by atoms with van der Waals surface area (Å²) in [6, 6.07) is 15.6. The maximum absolute atomic E-state index is 12.8. The normalized spacial score (nSPS) is 16.4. The van der Waals surface area contributed by atoms with Crippen LogP contribution in [0.25, 0.3) is 0 Å². The van der Waals surface area contributed by atoms with Gasteiger partial charge in [-0.3, -0.25) is 9.78 Å². The minimum atomic E-state index is -0.0667. The first-order chi connectivity index (χ1) is 14.2. The molecule has 1 saturated heterocycles. The maximum atomic E-state index is 12.8. The topological polar surface area (TPSA) is 58.1 Å². The standard InChI is InChI=1S/C22H21ClN4OS/c23-19-5-1-2-6-20(19)29-18-9-7-17(8-10-18)26-22(28)16-4-3-13-27(15-16)21-14-24-11-12-25-21/h1-2,5-12,14,16H,3-4,13,15H2,(H,26,28)/t16-/m0/s1. The number of piperidine rings is 1. The lowest BCUT2D eigenvalue weighted by Gasteiger charge is -2.32. The summed E-state index contributed by atoms with van der Waals surface area (Å²) < 4.78 is 0. The molecule has 1 aliphatic rings. The fourth-order valence-corrected chi connectivity index (χ4v) is 4.45. The molecule has 4 rings (SSSR count). The van der Waals surface area contributed by atoms with Crippen LogP contribution in [0.4, 0.5) is 11.5 Å².